The molecule has 0 saturated carbocycles. The van der Waals surface area contributed by atoms with E-state index in [1.54, 1.807) is 31.6 Å². The van der Waals surface area contributed by atoms with E-state index in [4.69, 9.17) is 9.15 Å². The molecule has 1 aliphatic rings. The number of methoxy groups -OCH3 is 1. The second-order valence-electron chi connectivity index (χ2n) is 4.17. The summed E-state index contributed by atoms with van der Waals surface area (Å²) in [5.41, 5.74) is 0.669. The third kappa shape index (κ3) is 3.00. The zero-order valence-corrected chi connectivity index (χ0v) is 12.0. The molecule has 3 rings (SSSR count). The minimum absolute atomic E-state index is 0.190. The van der Waals surface area contributed by atoms with Crippen LogP contribution in [0.3, 0.4) is 0 Å². The molecule has 5 nitrogen and oxygen atoms in total. The van der Waals surface area contributed by atoms with E-state index >= 15 is 0 Å². The average Bonchev–Trinajstić information content (AvgIpc) is 3.11. The van der Waals surface area contributed by atoms with E-state index in [0.29, 0.717) is 27.3 Å². The minimum Gasteiger partial charge on any atom is -0.494 e. The van der Waals surface area contributed by atoms with E-state index in [0.717, 1.165) is 0 Å². The predicted molar refractivity (Wildman–Crippen MR) is 82.5 cm³/mol. The highest BCUT2D eigenvalue weighted by Crippen LogP contribution is 2.31. The number of para-hydroxylation sites is 2. The summed E-state index contributed by atoms with van der Waals surface area (Å²) >= 11 is 1.27. The molecule has 0 bridgehead atoms. The van der Waals surface area contributed by atoms with Crippen molar-refractivity contribution < 1.29 is 13.9 Å². The number of carbonyl (C=O) groups excluding carboxylic acids is 1. The van der Waals surface area contributed by atoms with Crippen LogP contribution in [0, 0.1) is 0 Å². The average molecular weight is 300 g/mol. The van der Waals surface area contributed by atoms with E-state index < -0.39 is 0 Å². The first-order valence-electron chi connectivity index (χ1n) is 6.22. The van der Waals surface area contributed by atoms with Crippen molar-refractivity contribution in [1.29, 1.82) is 0 Å². The lowest BCUT2D eigenvalue weighted by molar-refractivity contribution is -0.115. The smallest absolute Gasteiger partial charge is 0.264 e. The molecule has 6 heteroatoms. The van der Waals surface area contributed by atoms with Crippen molar-refractivity contribution in [3.63, 3.8) is 0 Å². The van der Waals surface area contributed by atoms with E-state index in [1.165, 1.54) is 11.8 Å². The first-order valence-corrected chi connectivity index (χ1v) is 7.04. The van der Waals surface area contributed by atoms with Crippen molar-refractivity contribution in [3.05, 3.63) is 53.3 Å². The molecule has 0 atom stereocenters. The van der Waals surface area contributed by atoms with Crippen LogP contribution >= 0.6 is 11.8 Å². The van der Waals surface area contributed by atoms with Gasteiger partial charge in [0.1, 0.15) is 17.2 Å². The van der Waals surface area contributed by atoms with Crippen molar-refractivity contribution in [1.82, 2.24) is 5.32 Å². The van der Waals surface area contributed by atoms with E-state index in [1.807, 2.05) is 24.3 Å². The van der Waals surface area contributed by atoms with E-state index in [-0.39, 0.29) is 5.91 Å². The number of hydrogen-bond acceptors (Lipinski definition) is 5. The standard InChI is InChI=1S/C15H12N2O3S/c1-19-12-7-3-2-6-11(12)16-15-17-14(18)13(21-15)9-10-5-4-8-20-10/h2-9H,1H3,(H,16,17,18)/b13-9-. The maximum absolute atomic E-state index is 11.9. The van der Waals surface area contributed by atoms with Gasteiger partial charge >= 0.3 is 0 Å². The first-order chi connectivity index (χ1) is 10.3. The summed E-state index contributed by atoms with van der Waals surface area (Å²) in [7, 11) is 1.58. The third-order valence-electron chi connectivity index (χ3n) is 2.77. The zero-order valence-electron chi connectivity index (χ0n) is 11.2. The highest BCUT2D eigenvalue weighted by molar-refractivity contribution is 8.18. The maximum Gasteiger partial charge on any atom is 0.264 e. The highest BCUT2D eigenvalue weighted by Gasteiger charge is 2.24. The molecule has 2 heterocycles. The molecule has 0 spiro atoms. The van der Waals surface area contributed by atoms with Gasteiger partial charge in [-0.15, -0.1) is 0 Å². The van der Waals surface area contributed by atoms with Gasteiger partial charge in [-0.25, -0.2) is 4.99 Å². The number of amidine groups is 1. The number of aliphatic imine (C=N–C) groups is 1. The molecule has 1 fully saturated rings. The topological polar surface area (TPSA) is 63.8 Å². The molecule has 1 saturated heterocycles. The molecule has 0 aliphatic carbocycles. The Morgan fingerprint density at radius 2 is 2.14 bits per heavy atom. The van der Waals surface area contributed by atoms with Gasteiger partial charge in [0.2, 0.25) is 0 Å². The molecule has 1 aromatic carbocycles. The molecule has 1 aliphatic heterocycles. The fourth-order valence-corrected chi connectivity index (χ4v) is 2.63. The number of thioether (sulfide) groups is 1. The number of nitrogens with zero attached hydrogens (tertiary/aromatic N) is 1. The van der Waals surface area contributed by atoms with Crippen molar-refractivity contribution in [3.8, 4) is 5.75 Å². The number of ether oxygens (including phenoxy) is 1. The number of carbonyl (C=O) groups is 1. The molecular formula is C15H12N2O3S. The molecule has 1 N–H and O–H groups in total. The van der Waals surface area contributed by atoms with Gasteiger partial charge in [-0.05, 0) is 36.0 Å². The largest absolute Gasteiger partial charge is 0.494 e. The lowest BCUT2D eigenvalue weighted by Crippen LogP contribution is -2.19. The van der Waals surface area contributed by atoms with Crippen LogP contribution in [-0.2, 0) is 4.79 Å². The predicted octanol–water partition coefficient (Wildman–Crippen LogP) is 3.18. The van der Waals surface area contributed by atoms with Gasteiger partial charge < -0.3 is 14.5 Å². The first kappa shape index (κ1) is 13.5. The van der Waals surface area contributed by atoms with Crippen molar-refractivity contribution in [2.75, 3.05) is 7.11 Å². The Hall–Kier alpha value is -2.47. The van der Waals surface area contributed by atoms with E-state index in [9.17, 15) is 4.79 Å². The summed E-state index contributed by atoms with van der Waals surface area (Å²) in [5, 5.41) is 3.24. The summed E-state index contributed by atoms with van der Waals surface area (Å²) in [6.07, 6.45) is 3.25. The Balaban J connectivity index is 1.86. The van der Waals surface area contributed by atoms with Crippen LogP contribution in [0.5, 0.6) is 5.75 Å². The molecule has 0 radical (unpaired) electrons. The summed E-state index contributed by atoms with van der Waals surface area (Å²) < 4.78 is 10.4. The van der Waals surface area contributed by atoms with Crippen molar-refractivity contribution in [2.24, 2.45) is 4.99 Å². The number of nitrogens with one attached hydrogen (secondary N) is 1. The Kier molecular flexibility index (Phi) is 3.79. The van der Waals surface area contributed by atoms with Gasteiger partial charge in [0.15, 0.2) is 5.17 Å². The summed E-state index contributed by atoms with van der Waals surface area (Å²) in [4.78, 5) is 16.9. The Labute approximate surface area is 125 Å². The molecule has 21 heavy (non-hydrogen) atoms. The highest BCUT2D eigenvalue weighted by atomic mass is 32.2. The van der Waals surface area contributed by atoms with Gasteiger partial charge in [-0.1, -0.05) is 12.1 Å². The van der Waals surface area contributed by atoms with Crippen LogP contribution in [-0.4, -0.2) is 18.2 Å². The van der Waals surface area contributed by atoms with Gasteiger partial charge in [-0.3, -0.25) is 4.79 Å². The summed E-state index contributed by atoms with van der Waals surface area (Å²) in [5.74, 6) is 1.10. The minimum atomic E-state index is -0.190. The second-order valence-corrected chi connectivity index (χ2v) is 5.20. The number of furan rings is 1. The normalized spacial score (nSPS) is 18.2. The Bertz CT molecular complexity index is 720. The van der Waals surface area contributed by atoms with Crippen LogP contribution in [0.4, 0.5) is 5.69 Å². The molecule has 2 aromatic rings. The van der Waals surface area contributed by atoms with Gasteiger partial charge in [0.25, 0.3) is 5.91 Å². The molecule has 0 unspecified atom stereocenters. The van der Waals surface area contributed by atoms with Crippen LogP contribution in [0.2, 0.25) is 0 Å². The van der Waals surface area contributed by atoms with Crippen molar-refractivity contribution in [2.45, 2.75) is 0 Å². The second kappa shape index (κ2) is 5.88. The quantitative estimate of drug-likeness (QED) is 0.884. The fraction of sp³-hybridized carbons (Fsp3) is 0.0667. The lowest BCUT2D eigenvalue weighted by Gasteiger charge is -2.03. The number of benzene rings is 1. The maximum atomic E-state index is 11.9. The SMILES string of the molecule is COc1ccccc1N=C1NC(=O)/C(=C/c2ccco2)S1. The zero-order chi connectivity index (χ0) is 14.7. The number of hydrogen-bond donors (Lipinski definition) is 1. The molecule has 106 valence electrons. The van der Waals surface area contributed by atoms with Gasteiger partial charge in [0, 0.05) is 6.08 Å². The van der Waals surface area contributed by atoms with Crippen molar-refractivity contribution >= 4 is 34.6 Å². The van der Waals surface area contributed by atoms with Gasteiger partial charge in [0.05, 0.1) is 18.3 Å². The summed E-state index contributed by atoms with van der Waals surface area (Å²) in [6.45, 7) is 0. The van der Waals surface area contributed by atoms with Crippen LogP contribution in [0.25, 0.3) is 6.08 Å². The van der Waals surface area contributed by atoms with Crippen LogP contribution in [0.1, 0.15) is 5.76 Å². The molecular weight excluding hydrogens is 288 g/mol. The Morgan fingerprint density at radius 1 is 1.29 bits per heavy atom. The monoisotopic (exact) mass is 300 g/mol. The number of rotatable bonds is 3. The Morgan fingerprint density at radius 3 is 2.90 bits per heavy atom. The lowest BCUT2D eigenvalue weighted by atomic mass is 10.3. The van der Waals surface area contributed by atoms with E-state index in [2.05, 4.69) is 10.3 Å². The van der Waals surface area contributed by atoms with Gasteiger partial charge in [-0.2, -0.15) is 0 Å². The summed E-state index contributed by atoms with van der Waals surface area (Å²) in [6, 6.07) is 10.9. The molecule has 1 aromatic heterocycles. The molecule has 1 amide bonds. The van der Waals surface area contributed by atoms with Crippen LogP contribution in [0.15, 0.2) is 57.0 Å². The van der Waals surface area contributed by atoms with Crippen LogP contribution < -0.4 is 10.1 Å². The fourth-order valence-electron chi connectivity index (χ4n) is 1.81. The third-order valence-corrected chi connectivity index (χ3v) is 3.68. The number of amides is 1.